The minimum absolute atomic E-state index is 0.0121. The van der Waals surface area contributed by atoms with E-state index in [2.05, 4.69) is 10.4 Å². The van der Waals surface area contributed by atoms with Crippen molar-refractivity contribution in [3.8, 4) is 0 Å². The van der Waals surface area contributed by atoms with Gasteiger partial charge in [-0.05, 0) is 26.7 Å². The monoisotopic (exact) mass is 324 g/mol. The minimum Gasteiger partial charge on any atom is -0.396 e. The molecular formula is C15H24N4O4. The molecule has 1 amide bonds. The van der Waals surface area contributed by atoms with Crippen LogP contribution in [0.3, 0.4) is 0 Å². The van der Waals surface area contributed by atoms with Crippen LogP contribution in [0.1, 0.15) is 43.5 Å². The third kappa shape index (κ3) is 4.07. The van der Waals surface area contributed by atoms with Gasteiger partial charge < -0.3 is 10.4 Å². The van der Waals surface area contributed by atoms with Gasteiger partial charge >= 0.3 is 5.69 Å². The van der Waals surface area contributed by atoms with Crippen LogP contribution in [0, 0.1) is 29.9 Å². The lowest BCUT2D eigenvalue weighted by atomic mass is 9.85. The van der Waals surface area contributed by atoms with Gasteiger partial charge in [-0.15, -0.1) is 0 Å². The van der Waals surface area contributed by atoms with Gasteiger partial charge in [0.2, 0.25) is 5.91 Å². The van der Waals surface area contributed by atoms with Gasteiger partial charge in [0, 0.05) is 25.0 Å². The second kappa shape index (κ2) is 7.54. The molecule has 1 fully saturated rings. The van der Waals surface area contributed by atoms with E-state index in [1.54, 1.807) is 13.8 Å². The van der Waals surface area contributed by atoms with Crippen LogP contribution in [-0.4, -0.2) is 38.4 Å². The van der Waals surface area contributed by atoms with Crippen LogP contribution in [-0.2, 0) is 11.3 Å². The molecule has 2 unspecified atom stereocenters. The van der Waals surface area contributed by atoms with E-state index in [0.29, 0.717) is 17.9 Å². The van der Waals surface area contributed by atoms with Crippen LogP contribution in [0.2, 0.25) is 0 Å². The van der Waals surface area contributed by atoms with Gasteiger partial charge in [0.25, 0.3) is 0 Å². The van der Waals surface area contributed by atoms with E-state index in [0.717, 1.165) is 25.7 Å². The summed E-state index contributed by atoms with van der Waals surface area (Å²) in [6, 6.07) is 0.0241. The molecule has 1 aliphatic carbocycles. The summed E-state index contributed by atoms with van der Waals surface area (Å²) in [5.41, 5.74) is 0.838. The van der Waals surface area contributed by atoms with Crippen molar-refractivity contribution in [1.82, 2.24) is 15.1 Å². The molecule has 0 radical (unpaired) electrons. The molecule has 1 aromatic heterocycles. The van der Waals surface area contributed by atoms with Gasteiger partial charge in [-0.2, -0.15) is 5.10 Å². The highest BCUT2D eigenvalue weighted by molar-refractivity contribution is 5.76. The maximum absolute atomic E-state index is 12.1. The highest BCUT2D eigenvalue weighted by Crippen LogP contribution is 2.24. The fourth-order valence-electron chi connectivity index (χ4n) is 3.27. The Balaban J connectivity index is 1.92. The van der Waals surface area contributed by atoms with Crippen LogP contribution in [0.5, 0.6) is 0 Å². The molecule has 8 heteroatoms. The molecule has 0 bridgehead atoms. The summed E-state index contributed by atoms with van der Waals surface area (Å²) in [7, 11) is 0. The summed E-state index contributed by atoms with van der Waals surface area (Å²) in [4.78, 5) is 22.6. The Hall–Kier alpha value is -1.96. The molecule has 0 saturated heterocycles. The predicted molar refractivity (Wildman–Crippen MR) is 83.9 cm³/mol. The first kappa shape index (κ1) is 17.4. The number of amides is 1. The molecule has 2 rings (SSSR count). The summed E-state index contributed by atoms with van der Waals surface area (Å²) < 4.78 is 1.51. The number of aromatic nitrogens is 2. The Labute approximate surface area is 135 Å². The van der Waals surface area contributed by atoms with E-state index < -0.39 is 4.92 Å². The Bertz CT molecular complexity index is 584. The first-order chi connectivity index (χ1) is 10.9. The highest BCUT2D eigenvalue weighted by atomic mass is 16.6. The molecule has 1 aromatic rings. The zero-order chi connectivity index (χ0) is 17.0. The van der Waals surface area contributed by atoms with E-state index in [1.807, 2.05) is 0 Å². The van der Waals surface area contributed by atoms with Crippen LogP contribution in [0.25, 0.3) is 0 Å². The summed E-state index contributed by atoms with van der Waals surface area (Å²) >= 11 is 0. The zero-order valence-electron chi connectivity index (χ0n) is 13.6. The molecule has 8 nitrogen and oxygen atoms in total. The van der Waals surface area contributed by atoms with Crippen molar-refractivity contribution >= 4 is 11.6 Å². The number of aliphatic hydroxyl groups excluding tert-OH is 1. The van der Waals surface area contributed by atoms with Gasteiger partial charge in [-0.3, -0.25) is 19.6 Å². The van der Waals surface area contributed by atoms with Gasteiger partial charge in [0.1, 0.15) is 11.4 Å². The number of nitrogens with one attached hydrogen (secondary N) is 1. The Morgan fingerprint density at radius 2 is 2.13 bits per heavy atom. The third-order valence-corrected chi connectivity index (χ3v) is 4.57. The van der Waals surface area contributed by atoms with E-state index >= 15 is 0 Å². The number of nitro groups is 1. The highest BCUT2D eigenvalue weighted by Gasteiger charge is 2.26. The number of carbonyl (C=O) groups is 1. The van der Waals surface area contributed by atoms with Gasteiger partial charge in [-0.1, -0.05) is 12.8 Å². The van der Waals surface area contributed by atoms with Crippen molar-refractivity contribution in [3.63, 3.8) is 0 Å². The Morgan fingerprint density at radius 3 is 2.74 bits per heavy atom. The van der Waals surface area contributed by atoms with E-state index in [9.17, 15) is 20.0 Å². The predicted octanol–water partition coefficient (Wildman–Crippen LogP) is 1.47. The van der Waals surface area contributed by atoms with Gasteiger partial charge in [-0.25, -0.2) is 0 Å². The summed E-state index contributed by atoms with van der Waals surface area (Å²) in [5.74, 6) is 0.0213. The lowest BCUT2D eigenvalue weighted by Gasteiger charge is -2.30. The number of aliphatic hydroxyl groups is 1. The van der Waals surface area contributed by atoms with E-state index in [1.165, 1.54) is 4.68 Å². The topological polar surface area (TPSA) is 110 Å². The van der Waals surface area contributed by atoms with E-state index in [-0.39, 0.29) is 36.6 Å². The molecule has 2 N–H and O–H groups in total. The van der Waals surface area contributed by atoms with Crippen LogP contribution >= 0.6 is 0 Å². The second-order valence-corrected chi connectivity index (χ2v) is 6.15. The summed E-state index contributed by atoms with van der Waals surface area (Å²) in [6.45, 7) is 3.63. The van der Waals surface area contributed by atoms with Crippen molar-refractivity contribution in [2.45, 2.75) is 58.5 Å². The average Bonchev–Trinajstić information content (AvgIpc) is 2.80. The largest absolute Gasteiger partial charge is 0.396 e. The Morgan fingerprint density at radius 1 is 1.43 bits per heavy atom. The van der Waals surface area contributed by atoms with Crippen LogP contribution in [0.15, 0.2) is 0 Å². The molecule has 0 aromatic carbocycles. The first-order valence-corrected chi connectivity index (χ1v) is 8.02. The quantitative estimate of drug-likeness (QED) is 0.608. The number of nitrogens with zero attached hydrogens (tertiary/aromatic N) is 3. The fraction of sp³-hybridized carbons (Fsp3) is 0.733. The standard InChI is InChI=1S/C15H24N4O4/c1-10-15(19(22)23)11(2)18(17-10)8-7-14(21)16-13-6-4-3-5-12(13)9-20/h12-13,20H,3-9H2,1-2H3,(H,16,21). The first-order valence-electron chi connectivity index (χ1n) is 8.02. The number of hydrogen-bond acceptors (Lipinski definition) is 5. The molecule has 2 atom stereocenters. The molecule has 128 valence electrons. The summed E-state index contributed by atoms with van der Waals surface area (Å²) in [6.07, 6.45) is 4.19. The normalized spacial score (nSPS) is 21.2. The van der Waals surface area contributed by atoms with Crippen LogP contribution < -0.4 is 5.32 Å². The van der Waals surface area contributed by atoms with Crippen molar-refractivity contribution in [1.29, 1.82) is 0 Å². The fourth-order valence-corrected chi connectivity index (χ4v) is 3.27. The lowest BCUT2D eigenvalue weighted by Crippen LogP contribution is -2.43. The molecule has 1 aliphatic rings. The minimum atomic E-state index is -0.442. The molecule has 1 saturated carbocycles. The van der Waals surface area contributed by atoms with Crippen molar-refractivity contribution in [3.05, 3.63) is 21.5 Å². The number of hydrogen-bond donors (Lipinski definition) is 2. The van der Waals surface area contributed by atoms with E-state index in [4.69, 9.17) is 0 Å². The lowest BCUT2D eigenvalue weighted by molar-refractivity contribution is -0.386. The van der Waals surface area contributed by atoms with Crippen molar-refractivity contribution in [2.75, 3.05) is 6.61 Å². The number of carbonyl (C=O) groups excluding carboxylic acids is 1. The second-order valence-electron chi connectivity index (χ2n) is 6.15. The molecular weight excluding hydrogens is 300 g/mol. The number of rotatable bonds is 6. The molecule has 23 heavy (non-hydrogen) atoms. The summed E-state index contributed by atoms with van der Waals surface area (Å²) in [5, 5.41) is 27.5. The van der Waals surface area contributed by atoms with Crippen molar-refractivity contribution in [2.24, 2.45) is 5.92 Å². The van der Waals surface area contributed by atoms with Crippen molar-refractivity contribution < 1.29 is 14.8 Å². The Kier molecular flexibility index (Phi) is 5.70. The maximum Gasteiger partial charge on any atom is 0.312 e. The molecule has 1 heterocycles. The molecule has 0 spiro atoms. The van der Waals surface area contributed by atoms with Gasteiger partial charge in [0.05, 0.1) is 11.5 Å². The average molecular weight is 324 g/mol. The van der Waals surface area contributed by atoms with Crippen LogP contribution in [0.4, 0.5) is 5.69 Å². The number of aryl methyl sites for hydroxylation is 2. The molecule has 0 aliphatic heterocycles. The maximum atomic E-state index is 12.1. The van der Waals surface area contributed by atoms with Gasteiger partial charge in [0.15, 0.2) is 0 Å². The SMILES string of the molecule is Cc1nn(CCC(=O)NC2CCCCC2CO)c(C)c1[N+](=O)[O-]. The zero-order valence-corrected chi connectivity index (χ0v) is 13.6. The smallest absolute Gasteiger partial charge is 0.312 e. The third-order valence-electron chi connectivity index (χ3n) is 4.57.